The van der Waals surface area contributed by atoms with E-state index in [2.05, 4.69) is 4.74 Å². The Hall–Kier alpha value is -3.29. The summed E-state index contributed by atoms with van der Waals surface area (Å²) in [6.07, 6.45) is -2.21. The molecule has 0 aliphatic heterocycles. The molecule has 3 aromatic rings. The van der Waals surface area contributed by atoms with Gasteiger partial charge in [-0.1, -0.05) is 30.3 Å². The molecule has 168 valence electrons. The van der Waals surface area contributed by atoms with E-state index in [0.29, 0.717) is 36.0 Å². The standard InChI is InChI=1S/C24H18F6O2/c25-10-2-1-3-14-11-19(27)22(20(28)12-14)16-6-4-15(5-7-16)17-8-9-21(18(26)13-17)32-24(31)23(29)30/h4-9,11-13,23H,1-3,10H2. The highest BCUT2D eigenvalue weighted by atomic mass is 19.3. The first-order valence-corrected chi connectivity index (χ1v) is 9.74. The number of carbonyl (C=O) groups is 1. The average Bonchev–Trinajstić information content (AvgIpc) is 2.75. The Labute approximate surface area is 180 Å². The average molecular weight is 452 g/mol. The number of unbranched alkanes of at least 4 members (excludes halogenated alkanes) is 1. The molecule has 0 amide bonds. The lowest BCUT2D eigenvalue weighted by Crippen LogP contribution is -2.17. The number of hydrogen-bond acceptors (Lipinski definition) is 2. The van der Waals surface area contributed by atoms with Crippen molar-refractivity contribution in [1.82, 2.24) is 0 Å². The number of benzene rings is 3. The lowest BCUT2D eigenvalue weighted by atomic mass is 9.97. The van der Waals surface area contributed by atoms with Crippen LogP contribution in [0.5, 0.6) is 5.75 Å². The largest absolute Gasteiger partial charge is 0.419 e. The van der Waals surface area contributed by atoms with Gasteiger partial charge >= 0.3 is 12.4 Å². The summed E-state index contributed by atoms with van der Waals surface area (Å²) in [5.74, 6) is -5.00. The van der Waals surface area contributed by atoms with E-state index in [-0.39, 0.29) is 11.1 Å². The molecule has 0 bridgehead atoms. The van der Waals surface area contributed by atoms with E-state index in [9.17, 15) is 31.1 Å². The number of ether oxygens (including phenoxy) is 1. The summed E-state index contributed by atoms with van der Waals surface area (Å²) in [4.78, 5) is 10.9. The van der Waals surface area contributed by atoms with Crippen LogP contribution in [0.15, 0.2) is 54.6 Å². The molecule has 0 saturated carbocycles. The highest BCUT2D eigenvalue weighted by Gasteiger charge is 2.20. The number of hydrogen-bond donors (Lipinski definition) is 0. The maximum Gasteiger partial charge on any atom is 0.379 e. The molecular weight excluding hydrogens is 434 g/mol. The first-order valence-electron chi connectivity index (χ1n) is 9.74. The topological polar surface area (TPSA) is 26.3 Å². The molecule has 3 aromatic carbocycles. The molecule has 32 heavy (non-hydrogen) atoms. The predicted octanol–water partition coefficient (Wildman–Crippen LogP) is 6.90. The molecule has 0 aliphatic rings. The third kappa shape index (κ3) is 5.49. The molecule has 0 unspecified atom stereocenters. The van der Waals surface area contributed by atoms with E-state index in [4.69, 9.17) is 0 Å². The zero-order chi connectivity index (χ0) is 23.3. The first kappa shape index (κ1) is 23.4. The highest BCUT2D eigenvalue weighted by molar-refractivity contribution is 5.76. The summed E-state index contributed by atoms with van der Waals surface area (Å²) in [7, 11) is 0. The van der Waals surface area contributed by atoms with Crippen molar-refractivity contribution in [3.05, 3.63) is 77.6 Å². The van der Waals surface area contributed by atoms with E-state index in [1.165, 1.54) is 42.5 Å². The molecule has 0 saturated heterocycles. The van der Waals surface area contributed by atoms with Crippen LogP contribution < -0.4 is 4.74 Å². The molecule has 0 fully saturated rings. The summed E-state index contributed by atoms with van der Waals surface area (Å²) >= 11 is 0. The van der Waals surface area contributed by atoms with Crippen LogP contribution in [0.3, 0.4) is 0 Å². The Morgan fingerprint density at radius 2 is 1.38 bits per heavy atom. The van der Waals surface area contributed by atoms with E-state index in [0.717, 1.165) is 12.1 Å². The van der Waals surface area contributed by atoms with Crippen molar-refractivity contribution >= 4 is 5.97 Å². The third-order valence-electron chi connectivity index (χ3n) is 4.78. The molecule has 0 heterocycles. The second-order valence-corrected chi connectivity index (χ2v) is 7.02. The van der Waals surface area contributed by atoms with Crippen LogP contribution in [-0.4, -0.2) is 19.1 Å². The molecule has 0 radical (unpaired) electrons. The number of aryl methyl sites for hydroxylation is 1. The Bertz CT molecular complexity index is 1070. The number of esters is 1. The van der Waals surface area contributed by atoms with Crippen LogP contribution >= 0.6 is 0 Å². The second kappa shape index (κ2) is 10.3. The molecule has 0 atom stereocenters. The number of halogens is 6. The molecule has 3 rings (SSSR count). The molecule has 2 nitrogen and oxygen atoms in total. The second-order valence-electron chi connectivity index (χ2n) is 7.02. The zero-order valence-corrected chi connectivity index (χ0v) is 16.7. The van der Waals surface area contributed by atoms with Crippen molar-refractivity contribution in [2.45, 2.75) is 25.7 Å². The van der Waals surface area contributed by atoms with Crippen LogP contribution in [0.2, 0.25) is 0 Å². The number of rotatable bonds is 8. The Kier molecular flexibility index (Phi) is 7.56. The van der Waals surface area contributed by atoms with Gasteiger partial charge < -0.3 is 4.74 Å². The van der Waals surface area contributed by atoms with E-state index in [1.807, 2.05) is 0 Å². The summed E-state index contributed by atoms with van der Waals surface area (Å²) in [6, 6.07) is 11.8. The number of carbonyl (C=O) groups excluding carboxylic acids is 1. The Balaban J connectivity index is 1.81. The Morgan fingerprint density at radius 3 is 1.94 bits per heavy atom. The van der Waals surface area contributed by atoms with Crippen LogP contribution in [0.1, 0.15) is 18.4 Å². The molecule has 0 aliphatic carbocycles. The molecular formula is C24H18F6O2. The van der Waals surface area contributed by atoms with Gasteiger partial charge in [0.05, 0.1) is 12.2 Å². The van der Waals surface area contributed by atoms with Crippen molar-refractivity contribution in [3.8, 4) is 28.0 Å². The van der Waals surface area contributed by atoms with Gasteiger partial charge in [0.1, 0.15) is 11.6 Å². The van der Waals surface area contributed by atoms with Crippen LogP contribution in [0.4, 0.5) is 26.3 Å². The van der Waals surface area contributed by atoms with Crippen molar-refractivity contribution in [1.29, 1.82) is 0 Å². The van der Waals surface area contributed by atoms with Crippen molar-refractivity contribution < 1.29 is 35.9 Å². The third-order valence-corrected chi connectivity index (χ3v) is 4.78. The molecule has 8 heteroatoms. The highest BCUT2D eigenvalue weighted by Crippen LogP contribution is 2.31. The zero-order valence-electron chi connectivity index (χ0n) is 16.7. The predicted molar refractivity (Wildman–Crippen MR) is 108 cm³/mol. The van der Waals surface area contributed by atoms with Crippen LogP contribution in [0, 0.1) is 17.5 Å². The van der Waals surface area contributed by atoms with Crippen LogP contribution in [0.25, 0.3) is 22.3 Å². The summed E-state index contributed by atoms with van der Waals surface area (Å²) < 4.78 is 84.2. The number of alkyl halides is 3. The fourth-order valence-electron chi connectivity index (χ4n) is 3.21. The fraction of sp³-hybridized carbons (Fsp3) is 0.208. The van der Waals surface area contributed by atoms with E-state index < -0.39 is 42.3 Å². The van der Waals surface area contributed by atoms with Gasteiger partial charge in [-0.05, 0) is 65.8 Å². The molecule has 0 N–H and O–H groups in total. The van der Waals surface area contributed by atoms with Gasteiger partial charge in [-0.25, -0.2) is 18.0 Å². The van der Waals surface area contributed by atoms with E-state index >= 15 is 0 Å². The normalized spacial score (nSPS) is 11.1. The van der Waals surface area contributed by atoms with Gasteiger partial charge in [0.15, 0.2) is 11.6 Å². The van der Waals surface area contributed by atoms with Crippen molar-refractivity contribution in [2.75, 3.05) is 6.67 Å². The van der Waals surface area contributed by atoms with Gasteiger partial charge in [-0.3, -0.25) is 4.39 Å². The van der Waals surface area contributed by atoms with Gasteiger partial charge in [0.2, 0.25) is 0 Å². The minimum atomic E-state index is -3.38. The quantitative estimate of drug-likeness (QED) is 0.161. The maximum atomic E-state index is 14.5. The summed E-state index contributed by atoms with van der Waals surface area (Å²) in [5.41, 5.74) is 1.32. The fourth-order valence-corrected chi connectivity index (χ4v) is 3.21. The maximum absolute atomic E-state index is 14.5. The molecule has 0 spiro atoms. The van der Waals surface area contributed by atoms with Crippen LogP contribution in [-0.2, 0) is 11.2 Å². The van der Waals surface area contributed by atoms with Crippen molar-refractivity contribution in [2.24, 2.45) is 0 Å². The smallest absolute Gasteiger partial charge is 0.379 e. The SMILES string of the molecule is O=C(Oc1ccc(-c2ccc(-c3c(F)cc(CCCCF)cc3F)cc2)cc1F)C(F)F. The Morgan fingerprint density at radius 1 is 0.781 bits per heavy atom. The van der Waals surface area contributed by atoms with Gasteiger partial charge in [-0.15, -0.1) is 0 Å². The minimum Gasteiger partial charge on any atom is -0.419 e. The van der Waals surface area contributed by atoms with Gasteiger partial charge in [0.25, 0.3) is 0 Å². The first-order chi connectivity index (χ1) is 15.3. The van der Waals surface area contributed by atoms with E-state index in [1.54, 1.807) is 0 Å². The minimum absolute atomic E-state index is 0.216. The lowest BCUT2D eigenvalue weighted by Gasteiger charge is -2.10. The summed E-state index contributed by atoms with van der Waals surface area (Å²) in [6.45, 7) is -0.483. The molecule has 0 aromatic heterocycles. The summed E-state index contributed by atoms with van der Waals surface area (Å²) in [5, 5.41) is 0. The monoisotopic (exact) mass is 452 g/mol. The van der Waals surface area contributed by atoms with Gasteiger partial charge in [-0.2, -0.15) is 8.78 Å². The lowest BCUT2D eigenvalue weighted by molar-refractivity contribution is -0.146. The van der Waals surface area contributed by atoms with Crippen molar-refractivity contribution in [3.63, 3.8) is 0 Å². The van der Waals surface area contributed by atoms with Gasteiger partial charge in [0, 0.05) is 0 Å².